The summed E-state index contributed by atoms with van der Waals surface area (Å²) in [5, 5.41) is 0.289. The molecule has 1 aromatic carbocycles. The predicted octanol–water partition coefficient (Wildman–Crippen LogP) is 5.00. The summed E-state index contributed by atoms with van der Waals surface area (Å²) in [6, 6.07) is 8.33. The molecule has 0 N–H and O–H groups in total. The molecule has 1 aliphatic rings. The van der Waals surface area contributed by atoms with E-state index < -0.39 is 17.3 Å². The number of amides is 1. The number of piperazine rings is 1. The maximum atomic E-state index is 15.8. The number of pyridine rings is 2. The molecular formula is C32H32F2N6O2. The molecule has 4 heterocycles. The minimum absolute atomic E-state index is 0.0209. The van der Waals surface area contributed by atoms with Gasteiger partial charge in [0, 0.05) is 36.9 Å². The zero-order valence-electron chi connectivity index (χ0n) is 24.4. The number of hydrogen-bond donors (Lipinski definition) is 0. The maximum absolute atomic E-state index is 15.8. The van der Waals surface area contributed by atoms with Gasteiger partial charge in [-0.15, -0.1) is 0 Å². The lowest BCUT2D eigenvalue weighted by molar-refractivity contribution is -0.127. The minimum atomic E-state index is -0.749. The van der Waals surface area contributed by atoms with Crippen molar-refractivity contribution in [3.8, 4) is 28.8 Å². The smallest absolute Gasteiger partial charge is 0.349 e. The van der Waals surface area contributed by atoms with E-state index in [-0.39, 0.29) is 52.0 Å². The summed E-state index contributed by atoms with van der Waals surface area (Å²) in [7, 11) is 0. The van der Waals surface area contributed by atoms with Crippen LogP contribution < -0.4 is 10.6 Å². The van der Waals surface area contributed by atoms with E-state index in [0.29, 0.717) is 24.5 Å². The Bertz CT molecular complexity index is 1820. The Hall–Kier alpha value is -4.65. The first-order chi connectivity index (χ1) is 20.0. The molecule has 8 nitrogen and oxygen atoms in total. The molecule has 0 aliphatic carbocycles. The fourth-order valence-corrected chi connectivity index (χ4v) is 5.54. The third kappa shape index (κ3) is 5.00. The van der Waals surface area contributed by atoms with Crippen molar-refractivity contribution in [1.82, 2.24) is 24.4 Å². The van der Waals surface area contributed by atoms with E-state index in [2.05, 4.69) is 26.8 Å². The summed E-state index contributed by atoms with van der Waals surface area (Å²) < 4.78 is 32.1. The average molecular weight is 571 g/mol. The number of aryl methyl sites for hydroxylation is 1. The number of carbonyl (C=O) groups is 1. The highest BCUT2D eigenvalue weighted by Gasteiger charge is 2.34. The Balaban J connectivity index is 1.80. The highest BCUT2D eigenvalue weighted by molar-refractivity contribution is 5.94. The second kappa shape index (κ2) is 11.3. The second-order valence-electron chi connectivity index (χ2n) is 10.9. The van der Waals surface area contributed by atoms with Crippen molar-refractivity contribution < 1.29 is 13.6 Å². The Labute approximate surface area is 243 Å². The molecule has 1 saturated heterocycles. The van der Waals surface area contributed by atoms with Crippen molar-refractivity contribution in [1.29, 1.82) is 0 Å². The van der Waals surface area contributed by atoms with Gasteiger partial charge in [0.05, 0.1) is 16.8 Å². The number of rotatable bonds is 4. The molecule has 216 valence electrons. The largest absolute Gasteiger partial charge is 0.355 e. The van der Waals surface area contributed by atoms with E-state index in [1.54, 1.807) is 30.2 Å². The summed E-state index contributed by atoms with van der Waals surface area (Å²) in [5.74, 6) is 3.78. The van der Waals surface area contributed by atoms with Crippen LogP contribution in [0.5, 0.6) is 0 Å². The van der Waals surface area contributed by atoms with Crippen molar-refractivity contribution in [3.63, 3.8) is 0 Å². The zero-order valence-corrected chi connectivity index (χ0v) is 24.4. The Morgan fingerprint density at radius 1 is 1.05 bits per heavy atom. The summed E-state index contributed by atoms with van der Waals surface area (Å²) in [6.07, 6.45) is 1.67. The van der Waals surface area contributed by atoms with Crippen LogP contribution in [0.1, 0.15) is 51.8 Å². The first-order valence-electron chi connectivity index (χ1n) is 13.9. The number of fused-ring (bicyclic) bond motifs is 1. The molecule has 42 heavy (non-hydrogen) atoms. The normalized spacial score (nSPS) is 17.0. The zero-order chi connectivity index (χ0) is 30.3. The SMILES string of the molecule is CC#CC(=O)N1C[C@H](C)N(c2nc(=O)n(-c3c(C)ccnc3C(C)C)c3nc(-c4ccccc4F)c(F)cc23)C[C@H]1C. The number of benzene rings is 1. The van der Waals surface area contributed by atoms with Crippen molar-refractivity contribution in [2.24, 2.45) is 0 Å². The van der Waals surface area contributed by atoms with Gasteiger partial charge in [-0.25, -0.2) is 23.1 Å². The van der Waals surface area contributed by atoms with Crippen LogP contribution >= 0.6 is 0 Å². The number of anilines is 1. The molecule has 0 bridgehead atoms. The van der Waals surface area contributed by atoms with Crippen molar-refractivity contribution >= 4 is 22.8 Å². The van der Waals surface area contributed by atoms with Gasteiger partial charge in [-0.3, -0.25) is 9.78 Å². The number of halogens is 2. The van der Waals surface area contributed by atoms with Gasteiger partial charge in [0.2, 0.25) is 0 Å². The third-order valence-corrected chi connectivity index (χ3v) is 7.61. The van der Waals surface area contributed by atoms with E-state index in [1.807, 2.05) is 39.5 Å². The molecule has 3 aromatic heterocycles. The lowest BCUT2D eigenvalue weighted by Crippen LogP contribution is -2.58. The summed E-state index contributed by atoms with van der Waals surface area (Å²) >= 11 is 0. The Kier molecular flexibility index (Phi) is 7.78. The topological polar surface area (TPSA) is 84.2 Å². The maximum Gasteiger partial charge on any atom is 0.355 e. The molecule has 4 aromatic rings. The fraction of sp³-hybridized carbons (Fsp3) is 0.344. The highest BCUT2D eigenvalue weighted by atomic mass is 19.1. The molecule has 1 amide bonds. The van der Waals surface area contributed by atoms with Crippen molar-refractivity contribution in [2.75, 3.05) is 18.0 Å². The first kappa shape index (κ1) is 28.9. The van der Waals surface area contributed by atoms with Crippen LogP contribution in [0.15, 0.2) is 47.4 Å². The van der Waals surface area contributed by atoms with Crippen LogP contribution in [0.4, 0.5) is 14.6 Å². The van der Waals surface area contributed by atoms with Crippen LogP contribution in [-0.2, 0) is 4.79 Å². The number of aromatic nitrogens is 4. The summed E-state index contributed by atoms with van der Waals surface area (Å²) in [4.78, 5) is 43.8. The van der Waals surface area contributed by atoms with E-state index in [1.165, 1.54) is 28.8 Å². The third-order valence-electron chi connectivity index (χ3n) is 7.61. The van der Waals surface area contributed by atoms with Gasteiger partial charge in [0.15, 0.2) is 5.65 Å². The number of nitrogens with zero attached hydrogens (tertiary/aromatic N) is 6. The first-order valence-corrected chi connectivity index (χ1v) is 13.9. The van der Waals surface area contributed by atoms with Crippen LogP contribution in [0.2, 0.25) is 0 Å². The van der Waals surface area contributed by atoms with Gasteiger partial charge in [0.25, 0.3) is 5.91 Å². The van der Waals surface area contributed by atoms with Crippen LogP contribution in [0, 0.1) is 30.4 Å². The second-order valence-corrected chi connectivity index (χ2v) is 10.9. The van der Waals surface area contributed by atoms with E-state index in [4.69, 9.17) is 0 Å². The Morgan fingerprint density at radius 2 is 1.79 bits per heavy atom. The molecule has 0 radical (unpaired) electrons. The van der Waals surface area contributed by atoms with Gasteiger partial charge in [-0.05, 0) is 69.4 Å². The van der Waals surface area contributed by atoms with E-state index in [9.17, 15) is 14.0 Å². The quantitative estimate of drug-likeness (QED) is 0.321. The van der Waals surface area contributed by atoms with Gasteiger partial charge in [0.1, 0.15) is 23.1 Å². The highest BCUT2D eigenvalue weighted by Crippen LogP contribution is 2.34. The minimum Gasteiger partial charge on any atom is -0.349 e. The van der Waals surface area contributed by atoms with Gasteiger partial charge < -0.3 is 9.80 Å². The molecule has 0 unspecified atom stereocenters. The molecule has 5 rings (SSSR count). The molecular weight excluding hydrogens is 538 g/mol. The van der Waals surface area contributed by atoms with Crippen LogP contribution in [-0.4, -0.2) is 55.5 Å². The average Bonchev–Trinajstić information content (AvgIpc) is 2.94. The number of hydrogen-bond acceptors (Lipinski definition) is 6. The fourth-order valence-electron chi connectivity index (χ4n) is 5.54. The number of carbonyl (C=O) groups excluding carboxylic acids is 1. The van der Waals surface area contributed by atoms with Crippen LogP contribution in [0.25, 0.3) is 28.0 Å². The summed E-state index contributed by atoms with van der Waals surface area (Å²) in [6.45, 7) is 11.9. The molecule has 2 atom stereocenters. The van der Waals surface area contributed by atoms with E-state index in [0.717, 1.165) is 5.56 Å². The summed E-state index contributed by atoms with van der Waals surface area (Å²) in [5.41, 5.74) is 1.20. The van der Waals surface area contributed by atoms with Gasteiger partial charge >= 0.3 is 5.69 Å². The lowest BCUT2D eigenvalue weighted by Gasteiger charge is -2.44. The predicted molar refractivity (Wildman–Crippen MR) is 159 cm³/mol. The van der Waals surface area contributed by atoms with Gasteiger partial charge in [-0.2, -0.15) is 4.98 Å². The molecule has 0 saturated carbocycles. The van der Waals surface area contributed by atoms with E-state index >= 15 is 4.39 Å². The molecule has 1 fully saturated rings. The monoisotopic (exact) mass is 570 g/mol. The van der Waals surface area contributed by atoms with Crippen molar-refractivity contribution in [2.45, 2.75) is 59.5 Å². The van der Waals surface area contributed by atoms with Crippen molar-refractivity contribution in [3.05, 3.63) is 76.0 Å². The molecule has 10 heteroatoms. The standard InChI is InChI=1S/C32H32F2N6O2/c1-7-10-26(41)38-16-21(6)39(17-20(38)5)30-23-15-25(34)28(22-11-8-9-12-24(22)33)36-31(23)40(32(42)37-30)29-19(4)13-14-35-27(29)18(2)3/h8-9,11-15,18,20-21H,16-17H2,1-6H3/t20-,21+/m1/s1. The van der Waals surface area contributed by atoms with Crippen LogP contribution in [0.3, 0.4) is 0 Å². The van der Waals surface area contributed by atoms with Gasteiger partial charge in [-0.1, -0.05) is 31.9 Å². The molecule has 1 aliphatic heterocycles. The Morgan fingerprint density at radius 3 is 2.48 bits per heavy atom. The lowest BCUT2D eigenvalue weighted by atomic mass is 10.0. The molecule has 0 spiro atoms.